The number of aldehydes is 1. The highest BCUT2D eigenvalue weighted by Crippen LogP contribution is 2.14. The van der Waals surface area contributed by atoms with Gasteiger partial charge in [0, 0.05) is 0 Å². The third-order valence-electron chi connectivity index (χ3n) is 1.64. The largest absolute Gasteiger partial charge is 0.450 e. The van der Waals surface area contributed by atoms with Crippen molar-refractivity contribution in [2.75, 3.05) is 0 Å². The monoisotopic (exact) mass is 176 g/mol. The van der Waals surface area contributed by atoms with Crippen LogP contribution in [0, 0.1) is 0 Å². The van der Waals surface area contributed by atoms with E-state index in [1.165, 1.54) is 0 Å². The van der Waals surface area contributed by atoms with Crippen LogP contribution in [0.15, 0.2) is 0 Å². The second kappa shape index (κ2) is 3.18. The minimum absolute atomic E-state index is 0.192. The summed E-state index contributed by atoms with van der Waals surface area (Å²) in [7, 11) is 0. The predicted molar refractivity (Wildman–Crippen MR) is 34.0 cm³/mol. The van der Waals surface area contributed by atoms with E-state index in [9.17, 15) is 9.59 Å². The van der Waals surface area contributed by atoms with Gasteiger partial charge >= 0.3 is 5.97 Å². The number of hydrogen-bond donors (Lipinski definition) is 3. The van der Waals surface area contributed by atoms with Crippen molar-refractivity contribution in [3.8, 4) is 0 Å². The molecule has 0 bridgehead atoms. The molecule has 0 radical (unpaired) electrons. The molecule has 1 rings (SSSR count). The molecule has 0 amide bonds. The lowest BCUT2D eigenvalue weighted by atomic mass is 10.0. The van der Waals surface area contributed by atoms with Crippen molar-refractivity contribution < 1.29 is 29.6 Å². The molecule has 0 unspecified atom stereocenters. The van der Waals surface area contributed by atoms with Crippen molar-refractivity contribution in [2.24, 2.45) is 0 Å². The van der Waals surface area contributed by atoms with Gasteiger partial charge in [0.05, 0.1) is 0 Å². The molecule has 1 aliphatic rings. The number of rotatable bonds is 1. The van der Waals surface area contributed by atoms with Crippen molar-refractivity contribution >= 4 is 12.3 Å². The molecule has 0 aliphatic carbocycles. The summed E-state index contributed by atoms with van der Waals surface area (Å²) in [4.78, 5) is 20.8. The molecule has 0 saturated carbocycles. The van der Waals surface area contributed by atoms with Crippen molar-refractivity contribution in [1.82, 2.24) is 0 Å². The highest BCUT2D eigenvalue weighted by molar-refractivity contribution is 5.79. The molecule has 12 heavy (non-hydrogen) atoms. The summed E-state index contributed by atoms with van der Waals surface area (Å²) in [5.41, 5.74) is 0. The Morgan fingerprint density at radius 2 is 1.83 bits per heavy atom. The summed E-state index contributed by atoms with van der Waals surface area (Å²) in [5, 5.41) is 26.8. The molecular weight excluding hydrogens is 168 g/mol. The summed E-state index contributed by atoms with van der Waals surface area (Å²) >= 11 is 0. The van der Waals surface area contributed by atoms with E-state index in [2.05, 4.69) is 4.74 Å². The van der Waals surface area contributed by atoms with Gasteiger partial charge in [-0.2, -0.15) is 0 Å². The molecule has 4 atom stereocenters. The normalized spacial score (nSPS) is 42.1. The minimum atomic E-state index is -1.78. The first-order valence-electron chi connectivity index (χ1n) is 3.28. The van der Waals surface area contributed by atoms with Crippen molar-refractivity contribution in [2.45, 2.75) is 24.4 Å². The molecule has 0 aromatic carbocycles. The third-order valence-corrected chi connectivity index (χ3v) is 1.64. The van der Waals surface area contributed by atoms with E-state index in [0.717, 1.165) is 0 Å². The summed E-state index contributed by atoms with van der Waals surface area (Å²) in [5.74, 6) is -1.11. The Morgan fingerprint density at radius 1 is 1.25 bits per heavy atom. The predicted octanol–water partition coefficient (Wildman–Crippen LogP) is -2.81. The molecule has 1 heterocycles. The van der Waals surface area contributed by atoms with Crippen LogP contribution in [-0.2, 0) is 14.3 Å². The van der Waals surface area contributed by atoms with Crippen LogP contribution >= 0.6 is 0 Å². The van der Waals surface area contributed by atoms with Gasteiger partial charge in [-0.1, -0.05) is 0 Å². The van der Waals surface area contributed by atoms with Crippen LogP contribution in [0.5, 0.6) is 0 Å². The second-order valence-electron chi connectivity index (χ2n) is 2.46. The highest BCUT2D eigenvalue weighted by Gasteiger charge is 2.43. The lowest BCUT2D eigenvalue weighted by molar-refractivity contribution is -0.200. The zero-order valence-corrected chi connectivity index (χ0v) is 5.95. The van der Waals surface area contributed by atoms with Crippen LogP contribution in [0.2, 0.25) is 0 Å². The second-order valence-corrected chi connectivity index (χ2v) is 2.46. The summed E-state index contributed by atoms with van der Waals surface area (Å²) < 4.78 is 4.26. The van der Waals surface area contributed by atoms with E-state index in [0.29, 0.717) is 0 Å². The number of ether oxygens (including phenoxy) is 1. The van der Waals surface area contributed by atoms with Gasteiger partial charge in [-0.3, -0.25) is 4.79 Å². The van der Waals surface area contributed by atoms with E-state index >= 15 is 0 Å². The average Bonchev–Trinajstić information content (AvgIpc) is 2.08. The fraction of sp³-hybridized carbons (Fsp3) is 0.667. The van der Waals surface area contributed by atoms with Gasteiger partial charge in [-0.05, 0) is 0 Å². The van der Waals surface area contributed by atoms with Crippen molar-refractivity contribution in [1.29, 1.82) is 0 Å². The van der Waals surface area contributed by atoms with E-state index in [1.807, 2.05) is 0 Å². The zero-order chi connectivity index (χ0) is 9.30. The highest BCUT2D eigenvalue weighted by atomic mass is 16.6. The third kappa shape index (κ3) is 1.31. The Morgan fingerprint density at radius 3 is 2.33 bits per heavy atom. The SMILES string of the molecule is O=C[C@@H]1OC(=O)[C@@H](O)[C@@H](O)[C@@H]1O. The molecule has 0 aromatic rings. The average molecular weight is 176 g/mol. The van der Waals surface area contributed by atoms with Crippen molar-refractivity contribution in [3.63, 3.8) is 0 Å². The van der Waals surface area contributed by atoms with Crippen LogP contribution in [0.25, 0.3) is 0 Å². The Kier molecular flexibility index (Phi) is 2.41. The van der Waals surface area contributed by atoms with E-state index < -0.39 is 30.4 Å². The van der Waals surface area contributed by atoms with Gasteiger partial charge in [-0.15, -0.1) is 0 Å². The number of carbonyl (C=O) groups excluding carboxylic acids is 2. The first-order chi connectivity index (χ1) is 5.57. The summed E-state index contributed by atoms with van der Waals surface area (Å²) in [6.45, 7) is 0. The Bertz CT molecular complexity index is 200. The van der Waals surface area contributed by atoms with E-state index in [1.54, 1.807) is 0 Å². The quantitative estimate of drug-likeness (QED) is 0.294. The Balaban J connectivity index is 2.76. The van der Waals surface area contributed by atoms with Gasteiger partial charge in [0.1, 0.15) is 12.2 Å². The first kappa shape index (κ1) is 9.11. The van der Waals surface area contributed by atoms with Crippen LogP contribution < -0.4 is 0 Å². The van der Waals surface area contributed by atoms with Crippen molar-refractivity contribution in [3.05, 3.63) is 0 Å². The Hall–Kier alpha value is -0.980. The molecule has 68 valence electrons. The van der Waals surface area contributed by atoms with Crippen LogP contribution in [0.1, 0.15) is 0 Å². The van der Waals surface area contributed by atoms with Gasteiger partial charge < -0.3 is 20.1 Å². The number of aliphatic hydroxyl groups excluding tert-OH is 3. The molecule has 1 aliphatic heterocycles. The fourth-order valence-electron chi connectivity index (χ4n) is 0.902. The topological polar surface area (TPSA) is 104 Å². The fourth-order valence-corrected chi connectivity index (χ4v) is 0.902. The zero-order valence-electron chi connectivity index (χ0n) is 5.95. The molecule has 1 fully saturated rings. The van der Waals surface area contributed by atoms with Gasteiger partial charge in [0.25, 0.3) is 0 Å². The van der Waals surface area contributed by atoms with E-state index in [-0.39, 0.29) is 6.29 Å². The van der Waals surface area contributed by atoms with Gasteiger partial charge in [0.15, 0.2) is 18.5 Å². The molecule has 0 aromatic heterocycles. The number of carbonyl (C=O) groups is 2. The minimum Gasteiger partial charge on any atom is -0.450 e. The number of hydrogen-bond acceptors (Lipinski definition) is 6. The van der Waals surface area contributed by atoms with Crippen LogP contribution in [0.3, 0.4) is 0 Å². The Labute approximate surface area is 67.4 Å². The molecule has 6 nitrogen and oxygen atoms in total. The summed E-state index contributed by atoms with van der Waals surface area (Å²) in [6, 6.07) is 0. The smallest absolute Gasteiger partial charge is 0.338 e. The first-order valence-corrected chi connectivity index (χ1v) is 3.28. The summed E-state index contributed by atoms with van der Waals surface area (Å²) in [6.07, 6.45) is -6.21. The maximum Gasteiger partial charge on any atom is 0.338 e. The number of cyclic esters (lactones) is 1. The van der Waals surface area contributed by atoms with Gasteiger partial charge in [-0.25, -0.2) is 4.79 Å². The maximum atomic E-state index is 10.6. The molecule has 1 saturated heterocycles. The van der Waals surface area contributed by atoms with Crippen LogP contribution in [-0.4, -0.2) is 52.0 Å². The molecular formula is C6H8O6. The van der Waals surface area contributed by atoms with E-state index in [4.69, 9.17) is 15.3 Å². The standard InChI is InChI=1S/C6H8O6/c7-1-2-3(8)4(9)5(10)6(11)12-2/h1-5,8-10H/t2-,3+,4-,5-/m0/s1. The maximum absolute atomic E-state index is 10.6. The number of aliphatic hydroxyl groups is 3. The number of esters is 1. The lowest BCUT2D eigenvalue weighted by Gasteiger charge is -2.31. The molecule has 0 spiro atoms. The van der Waals surface area contributed by atoms with Gasteiger partial charge in [0.2, 0.25) is 0 Å². The van der Waals surface area contributed by atoms with Crippen LogP contribution in [0.4, 0.5) is 0 Å². The molecule has 6 heteroatoms. The molecule has 3 N–H and O–H groups in total. The lowest BCUT2D eigenvalue weighted by Crippen LogP contribution is -2.56.